The Kier molecular flexibility index (Phi) is 5.18. The van der Waals surface area contributed by atoms with E-state index in [0.29, 0.717) is 34.5 Å². The number of nitrogens with one attached hydrogen (secondary N) is 2. The molecule has 0 aliphatic heterocycles. The van der Waals surface area contributed by atoms with Crippen LogP contribution in [0.1, 0.15) is 34.2 Å². The van der Waals surface area contributed by atoms with E-state index in [9.17, 15) is 9.59 Å². The first-order valence-electron chi connectivity index (χ1n) is 8.10. The van der Waals surface area contributed by atoms with Crippen LogP contribution in [0, 0.1) is 13.8 Å². The number of anilines is 1. The number of carbonyl (C=O) groups excluding carboxylic acids is 2. The van der Waals surface area contributed by atoms with Crippen LogP contribution in [0.5, 0.6) is 0 Å². The Morgan fingerprint density at radius 3 is 2.77 bits per heavy atom. The summed E-state index contributed by atoms with van der Waals surface area (Å²) in [6.07, 6.45) is 0. The second kappa shape index (κ2) is 7.53. The van der Waals surface area contributed by atoms with Crippen LogP contribution in [0.15, 0.2) is 40.1 Å². The van der Waals surface area contributed by atoms with Crippen molar-refractivity contribution in [2.24, 2.45) is 0 Å². The standard InChI is InChI=1S/C19H19N3O3S/c1-11-5-4-6-15(12(11)2)18(24)22-19-21-16(10-26-19)17-8-7-14(25-17)9-20-13(3)23/h4-8,10H,9H2,1-3H3,(H,20,23)(H,21,22,24). The maximum Gasteiger partial charge on any atom is 0.257 e. The number of aromatic nitrogens is 1. The Bertz CT molecular complexity index is 959. The van der Waals surface area contributed by atoms with Gasteiger partial charge in [-0.3, -0.25) is 14.9 Å². The molecule has 3 aromatic rings. The summed E-state index contributed by atoms with van der Waals surface area (Å²) >= 11 is 1.33. The van der Waals surface area contributed by atoms with Gasteiger partial charge in [-0.05, 0) is 43.2 Å². The highest BCUT2D eigenvalue weighted by atomic mass is 32.1. The summed E-state index contributed by atoms with van der Waals surface area (Å²) in [5.41, 5.74) is 3.30. The van der Waals surface area contributed by atoms with Gasteiger partial charge in [0.15, 0.2) is 10.9 Å². The molecule has 2 N–H and O–H groups in total. The van der Waals surface area contributed by atoms with Gasteiger partial charge in [-0.1, -0.05) is 12.1 Å². The lowest BCUT2D eigenvalue weighted by Crippen LogP contribution is -2.18. The molecule has 2 heterocycles. The molecular formula is C19H19N3O3S. The van der Waals surface area contributed by atoms with Crippen LogP contribution < -0.4 is 10.6 Å². The number of benzene rings is 1. The average Bonchev–Trinajstić information content (AvgIpc) is 3.24. The maximum absolute atomic E-state index is 12.5. The molecule has 0 atom stereocenters. The van der Waals surface area contributed by atoms with Crippen LogP contribution in [-0.2, 0) is 11.3 Å². The predicted molar refractivity (Wildman–Crippen MR) is 101 cm³/mol. The van der Waals surface area contributed by atoms with Crippen LogP contribution in [0.2, 0.25) is 0 Å². The molecule has 2 amide bonds. The van der Waals surface area contributed by atoms with Crippen molar-refractivity contribution in [2.45, 2.75) is 27.3 Å². The van der Waals surface area contributed by atoms with E-state index in [1.54, 1.807) is 18.2 Å². The van der Waals surface area contributed by atoms with Crippen molar-refractivity contribution in [3.63, 3.8) is 0 Å². The third kappa shape index (κ3) is 4.00. The first-order chi connectivity index (χ1) is 12.4. The first-order valence-corrected chi connectivity index (χ1v) is 8.98. The molecule has 0 spiro atoms. The third-order valence-electron chi connectivity index (χ3n) is 4.00. The largest absolute Gasteiger partial charge is 0.458 e. The smallest absolute Gasteiger partial charge is 0.257 e. The van der Waals surface area contributed by atoms with Crippen molar-refractivity contribution in [1.82, 2.24) is 10.3 Å². The molecule has 0 saturated carbocycles. The summed E-state index contributed by atoms with van der Waals surface area (Å²) in [5.74, 6) is 0.934. The minimum atomic E-state index is -0.183. The summed E-state index contributed by atoms with van der Waals surface area (Å²) in [6, 6.07) is 9.22. The Morgan fingerprint density at radius 1 is 1.19 bits per heavy atom. The number of nitrogens with zero attached hydrogens (tertiary/aromatic N) is 1. The fourth-order valence-electron chi connectivity index (χ4n) is 2.43. The lowest BCUT2D eigenvalue weighted by atomic mass is 10.0. The van der Waals surface area contributed by atoms with Gasteiger partial charge in [-0.15, -0.1) is 11.3 Å². The molecule has 0 fully saturated rings. The molecule has 0 bridgehead atoms. The summed E-state index contributed by atoms with van der Waals surface area (Å²) in [7, 11) is 0. The van der Waals surface area contributed by atoms with Gasteiger partial charge in [0.25, 0.3) is 5.91 Å². The van der Waals surface area contributed by atoms with E-state index in [1.807, 2.05) is 31.4 Å². The maximum atomic E-state index is 12.5. The van der Waals surface area contributed by atoms with Crippen LogP contribution in [-0.4, -0.2) is 16.8 Å². The molecule has 0 unspecified atom stereocenters. The zero-order valence-corrected chi connectivity index (χ0v) is 15.6. The van der Waals surface area contributed by atoms with E-state index in [0.717, 1.165) is 11.1 Å². The Hall–Kier alpha value is -2.93. The van der Waals surface area contributed by atoms with Crippen LogP contribution in [0.3, 0.4) is 0 Å². The van der Waals surface area contributed by atoms with Crippen molar-refractivity contribution in [2.75, 3.05) is 5.32 Å². The van der Waals surface area contributed by atoms with Gasteiger partial charge in [-0.25, -0.2) is 4.98 Å². The molecule has 0 radical (unpaired) electrons. The van der Waals surface area contributed by atoms with E-state index in [4.69, 9.17) is 4.42 Å². The monoisotopic (exact) mass is 369 g/mol. The van der Waals surface area contributed by atoms with Gasteiger partial charge in [0.1, 0.15) is 11.5 Å². The fourth-order valence-corrected chi connectivity index (χ4v) is 3.12. The summed E-state index contributed by atoms with van der Waals surface area (Å²) in [6.45, 7) is 5.69. The zero-order chi connectivity index (χ0) is 18.7. The number of furan rings is 1. The van der Waals surface area contributed by atoms with Gasteiger partial charge in [0.05, 0.1) is 6.54 Å². The highest BCUT2D eigenvalue weighted by Gasteiger charge is 2.14. The Balaban J connectivity index is 1.71. The molecule has 26 heavy (non-hydrogen) atoms. The van der Waals surface area contributed by atoms with Crippen LogP contribution >= 0.6 is 11.3 Å². The minimum Gasteiger partial charge on any atom is -0.458 e. The van der Waals surface area contributed by atoms with Crippen molar-refractivity contribution in [3.8, 4) is 11.5 Å². The SMILES string of the molecule is CC(=O)NCc1ccc(-c2csc(NC(=O)c3cccc(C)c3C)n2)o1. The van der Waals surface area contributed by atoms with E-state index >= 15 is 0 Å². The Labute approximate surface area is 155 Å². The van der Waals surface area contributed by atoms with Gasteiger partial charge in [-0.2, -0.15) is 0 Å². The summed E-state index contributed by atoms with van der Waals surface area (Å²) in [5, 5.41) is 7.84. The third-order valence-corrected chi connectivity index (χ3v) is 4.76. The zero-order valence-electron chi connectivity index (χ0n) is 14.8. The molecular weight excluding hydrogens is 350 g/mol. The van der Waals surface area contributed by atoms with Crippen molar-refractivity contribution >= 4 is 28.3 Å². The van der Waals surface area contributed by atoms with Crippen LogP contribution in [0.4, 0.5) is 5.13 Å². The molecule has 3 rings (SSSR count). The van der Waals surface area contributed by atoms with Gasteiger partial charge in [0, 0.05) is 17.9 Å². The molecule has 1 aromatic carbocycles. The second-order valence-electron chi connectivity index (χ2n) is 5.92. The topological polar surface area (TPSA) is 84.2 Å². The predicted octanol–water partition coefficient (Wildman–Crippen LogP) is 3.91. The molecule has 0 aliphatic rings. The summed E-state index contributed by atoms with van der Waals surface area (Å²) < 4.78 is 5.67. The van der Waals surface area contributed by atoms with E-state index < -0.39 is 0 Å². The first kappa shape index (κ1) is 17.9. The minimum absolute atomic E-state index is 0.118. The number of carbonyl (C=O) groups is 2. The molecule has 0 saturated heterocycles. The quantitative estimate of drug-likeness (QED) is 0.714. The molecule has 7 heteroatoms. The van der Waals surface area contributed by atoms with Gasteiger partial charge < -0.3 is 9.73 Å². The number of aryl methyl sites for hydroxylation is 1. The molecule has 0 aliphatic carbocycles. The fraction of sp³-hybridized carbons (Fsp3) is 0.211. The molecule has 134 valence electrons. The molecule has 2 aromatic heterocycles. The number of thiazole rings is 1. The lowest BCUT2D eigenvalue weighted by molar-refractivity contribution is -0.119. The highest BCUT2D eigenvalue weighted by molar-refractivity contribution is 7.14. The normalized spacial score (nSPS) is 10.6. The average molecular weight is 369 g/mol. The summed E-state index contributed by atoms with van der Waals surface area (Å²) in [4.78, 5) is 27.8. The lowest BCUT2D eigenvalue weighted by Gasteiger charge is -2.07. The number of rotatable bonds is 5. The van der Waals surface area contributed by atoms with E-state index in [1.165, 1.54) is 18.3 Å². The van der Waals surface area contributed by atoms with Crippen molar-refractivity contribution < 1.29 is 14.0 Å². The van der Waals surface area contributed by atoms with Crippen molar-refractivity contribution in [3.05, 3.63) is 58.2 Å². The van der Waals surface area contributed by atoms with E-state index in [-0.39, 0.29) is 11.8 Å². The highest BCUT2D eigenvalue weighted by Crippen LogP contribution is 2.27. The second-order valence-corrected chi connectivity index (χ2v) is 6.77. The number of amides is 2. The molecule has 6 nitrogen and oxygen atoms in total. The van der Waals surface area contributed by atoms with Crippen molar-refractivity contribution in [1.29, 1.82) is 0 Å². The Morgan fingerprint density at radius 2 is 2.00 bits per heavy atom. The van der Waals surface area contributed by atoms with Crippen LogP contribution in [0.25, 0.3) is 11.5 Å². The van der Waals surface area contributed by atoms with Gasteiger partial charge in [0.2, 0.25) is 5.91 Å². The number of hydrogen-bond acceptors (Lipinski definition) is 5. The van der Waals surface area contributed by atoms with E-state index in [2.05, 4.69) is 15.6 Å². The number of hydrogen-bond donors (Lipinski definition) is 2. The van der Waals surface area contributed by atoms with Gasteiger partial charge >= 0.3 is 0 Å².